The van der Waals surface area contributed by atoms with Gasteiger partial charge in [0.25, 0.3) is 0 Å². The Morgan fingerprint density at radius 3 is 2.61 bits per heavy atom. The molecule has 0 N–H and O–H groups in total. The minimum Gasteiger partial charge on any atom is -0.379 e. The van der Waals surface area contributed by atoms with Gasteiger partial charge in [0.2, 0.25) is 0 Å². The number of morpholine rings is 1. The molecule has 2 aliphatic rings. The van der Waals surface area contributed by atoms with E-state index in [4.69, 9.17) is 4.74 Å². The number of hydrogen-bond acceptors (Lipinski definition) is 5. The van der Waals surface area contributed by atoms with Crippen LogP contribution in [-0.4, -0.2) is 57.8 Å². The predicted octanol–water partition coefficient (Wildman–Crippen LogP) is 4.27. The average molecular weight is 443 g/mol. The van der Waals surface area contributed by atoms with Crippen molar-refractivity contribution in [2.75, 3.05) is 26.3 Å². The summed E-state index contributed by atoms with van der Waals surface area (Å²) in [6, 6.07) is 14.6. The van der Waals surface area contributed by atoms with E-state index in [0.29, 0.717) is 18.0 Å². The van der Waals surface area contributed by atoms with Crippen LogP contribution in [0.15, 0.2) is 60.9 Å². The minimum absolute atomic E-state index is 0.0643. The second-order valence-corrected chi connectivity index (χ2v) is 8.85. The first-order valence-electron chi connectivity index (χ1n) is 11.8. The zero-order valence-electron chi connectivity index (χ0n) is 19.1. The van der Waals surface area contributed by atoms with Crippen molar-refractivity contribution in [3.63, 3.8) is 0 Å². The number of ether oxygens (including phenoxy) is 1. The van der Waals surface area contributed by atoms with Gasteiger partial charge in [-0.1, -0.05) is 30.3 Å². The summed E-state index contributed by atoms with van der Waals surface area (Å²) in [7, 11) is 0. The van der Waals surface area contributed by atoms with Crippen LogP contribution < -0.4 is 0 Å². The summed E-state index contributed by atoms with van der Waals surface area (Å²) in [6.45, 7) is 5.72. The lowest BCUT2D eigenvalue weighted by Gasteiger charge is -2.36. The first-order chi connectivity index (χ1) is 16.2. The van der Waals surface area contributed by atoms with E-state index in [1.807, 2.05) is 54.2 Å². The summed E-state index contributed by atoms with van der Waals surface area (Å²) < 4.78 is 7.29. The zero-order chi connectivity index (χ0) is 22.6. The van der Waals surface area contributed by atoms with E-state index in [1.165, 1.54) is 12.0 Å². The van der Waals surface area contributed by atoms with Gasteiger partial charge < -0.3 is 4.74 Å². The topological polar surface area (TPSA) is 60.3 Å². The number of benzene rings is 1. The molecule has 170 valence electrons. The van der Waals surface area contributed by atoms with Crippen molar-refractivity contribution >= 4 is 11.4 Å². The maximum absolute atomic E-state index is 12.9. The van der Waals surface area contributed by atoms with Gasteiger partial charge in [0.1, 0.15) is 0 Å². The van der Waals surface area contributed by atoms with E-state index < -0.39 is 0 Å². The third-order valence-electron chi connectivity index (χ3n) is 6.77. The van der Waals surface area contributed by atoms with Gasteiger partial charge in [-0.3, -0.25) is 14.7 Å². The van der Waals surface area contributed by atoms with Gasteiger partial charge in [-0.15, -0.1) is 0 Å². The molecule has 0 bridgehead atoms. The van der Waals surface area contributed by atoms with Crippen LogP contribution >= 0.6 is 0 Å². The van der Waals surface area contributed by atoms with Crippen molar-refractivity contribution in [1.29, 1.82) is 0 Å². The number of pyridine rings is 1. The van der Waals surface area contributed by atoms with Crippen molar-refractivity contribution in [2.45, 2.75) is 38.6 Å². The lowest BCUT2D eigenvalue weighted by molar-refractivity contribution is 0.0150. The van der Waals surface area contributed by atoms with Crippen LogP contribution in [-0.2, 0) is 11.2 Å². The fourth-order valence-electron chi connectivity index (χ4n) is 4.84. The number of carbonyl (C=O) groups is 1. The number of Topliss-reactive ketones (excluding diaryl/α,β-unsaturated/α-hetero) is 1. The molecule has 0 saturated carbocycles. The first kappa shape index (κ1) is 21.7. The summed E-state index contributed by atoms with van der Waals surface area (Å²) in [6.07, 6.45) is 9.47. The summed E-state index contributed by atoms with van der Waals surface area (Å²) in [5.41, 5.74) is 5.75. The van der Waals surface area contributed by atoms with Crippen LogP contribution in [0.25, 0.3) is 11.3 Å². The number of aromatic nitrogens is 3. The van der Waals surface area contributed by atoms with Gasteiger partial charge in [-0.2, -0.15) is 5.10 Å². The van der Waals surface area contributed by atoms with Crippen LogP contribution in [0, 0.1) is 6.92 Å². The van der Waals surface area contributed by atoms with E-state index >= 15 is 0 Å². The normalized spacial score (nSPS) is 19.3. The maximum atomic E-state index is 12.9. The molecule has 6 nitrogen and oxygen atoms in total. The smallest absolute Gasteiger partial charge is 0.170 e. The quantitative estimate of drug-likeness (QED) is 0.534. The number of nitrogens with zero attached hydrogens (tertiary/aromatic N) is 4. The van der Waals surface area contributed by atoms with Gasteiger partial charge in [0, 0.05) is 31.7 Å². The largest absolute Gasteiger partial charge is 0.379 e. The van der Waals surface area contributed by atoms with E-state index in [1.54, 1.807) is 6.20 Å². The molecule has 0 amide bonds. The molecule has 5 rings (SSSR count). The Hall–Kier alpha value is -3.09. The Bertz CT molecular complexity index is 1130. The zero-order valence-corrected chi connectivity index (χ0v) is 19.1. The molecular formula is C27H30N4O2. The monoisotopic (exact) mass is 442 g/mol. The van der Waals surface area contributed by atoms with Crippen LogP contribution in [0.3, 0.4) is 0 Å². The second kappa shape index (κ2) is 9.81. The number of para-hydroxylation sites is 1. The Labute approximate surface area is 194 Å². The highest BCUT2D eigenvalue weighted by Gasteiger charge is 2.24. The van der Waals surface area contributed by atoms with Gasteiger partial charge in [-0.25, -0.2) is 4.68 Å². The highest BCUT2D eigenvalue weighted by atomic mass is 16.5. The Balaban J connectivity index is 1.22. The van der Waals surface area contributed by atoms with Crippen molar-refractivity contribution in [3.05, 3.63) is 83.4 Å². The summed E-state index contributed by atoms with van der Waals surface area (Å²) >= 11 is 0. The van der Waals surface area contributed by atoms with E-state index in [-0.39, 0.29) is 5.78 Å². The summed E-state index contributed by atoms with van der Waals surface area (Å²) in [5, 5.41) is 4.43. The van der Waals surface area contributed by atoms with Crippen LogP contribution in [0.4, 0.5) is 0 Å². The van der Waals surface area contributed by atoms with Crippen LogP contribution in [0.2, 0.25) is 0 Å². The Kier molecular flexibility index (Phi) is 6.46. The molecule has 0 spiro atoms. The highest BCUT2D eigenvalue weighted by molar-refractivity contribution is 5.98. The minimum atomic E-state index is 0.0643. The van der Waals surface area contributed by atoms with Crippen LogP contribution in [0.1, 0.15) is 46.6 Å². The summed E-state index contributed by atoms with van der Waals surface area (Å²) in [4.78, 5) is 20.2. The van der Waals surface area contributed by atoms with Gasteiger partial charge in [0.05, 0.1) is 42.0 Å². The molecule has 1 aromatic carbocycles. The lowest BCUT2D eigenvalue weighted by atomic mass is 9.91. The Morgan fingerprint density at radius 2 is 1.91 bits per heavy atom. The average Bonchev–Trinajstić information content (AvgIpc) is 3.27. The maximum Gasteiger partial charge on any atom is 0.170 e. The molecular weight excluding hydrogens is 412 g/mol. The number of hydrogen-bond donors (Lipinski definition) is 0. The SMILES string of the molecule is Cc1c(C(=O)Cc2ccc(C3=CCC(N4CCOCC4)CC3)nc2)cnn1-c1ccccc1. The number of allylic oxidation sites excluding steroid dienone is 1. The third kappa shape index (κ3) is 4.82. The standard InChI is InChI=1S/C27H30N4O2/c1-20-25(19-29-31(20)24-5-3-2-4-6-24)27(32)17-21-7-12-26(28-18-21)22-8-10-23(11-9-22)30-13-15-33-16-14-30/h2-8,12,18-19,23H,9-11,13-17H2,1H3. The van der Waals surface area contributed by atoms with E-state index in [2.05, 4.69) is 27.1 Å². The van der Waals surface area contributed by atoms with Crippen molar-refractivity contribution in [2.24, 2.45) is 0 Å². The number of carbonyl (C=O) groups excluding carboxylic acids is 1. The molecule has 3 heterocycles. The highest BCUT2D eigenvalue weighted by Crippen LogP contribution is 2.29. The van der Waals surface area contributed by atoms with Crippen molar-refractivity contribution in [3.8, 4) is 5.69 Å². The molecule has 1 aliphatic heterocycles. The molecule has 0 radical (unpaired) electrons. The molecule has 2 aromatic heterocycles. The molecule has 6 heteroatoms. The van der Waals surface area contributed by atoms with Crippen molar-refractivity contribution < 1.29 is 9.53 Å². The molecule has 3 aromatic rings. The molecule has 1 atom stereocenters. The molecule has 1 aliphatic carbocycles. The van der Waals surface area contributed by atoms with Gasteiger partial charge >= 0.3 is 0 Å². The lowest BCUT2D eigenvalue weighted by Crippen LogP contribution is -2.43. The fraction of sp³-hybridized carbons (Fsp3) is 0.370. The van der Waals surface area contributed by atoms with E-state index in [9.17, 15) is 4.79 Å². The molecule has 1 fully saturated rings. The first-order valence-corrected chi connectivity index (χ1v) is 11.8. The second-order valence-electron chi connectivity index (χ2n) is 8.85. The molecule has 33 heavy (non-hydrogen) atoms. The van der Waals surface area contributed by atoms with Gasteiger partial charge in [-0.05, 0) is 55.5 Å². The third-order valence-corrected chi connectivity index (χ3v) is 6.77. The predicted molar refractivity (Wildman–Crippen MR) is 129 cm³/mol. The van der Waals surface area contributed by atoms with Crippen molar-refractivity contribution in [1.82, 2.24) is 19.7 Å². The summed E-state index contributed by atoms with van der Waals surface area (Å²) in [5.74, 6) is 0.0643. The van der Waals surface area contributed by atoms with E-state index in [0.717, 1.165) is 61.8 Å². The molecule has 1 saturated heterocycles. The molecule has 1 unspecified atom stereocenters. The number of ketones is 1. The number of rotatable bonds is 6. The van der Waals surface area contributed by atoms with Gasteiger partial charge in [0.15, 0.2) is 5.78 Å². The fourth-order valence-corrected chi connectivity index (χ4v) is 4.84. The van der Waals surface area contributed by atoms with Crippen LogP contribution in [0.5, 0.6) is 0 Å². The Morgan fingerprint density at radius 1 is 1.09 bits per heavy atom.